The molecule has 0 atom stereocenters. The number of nitrogens with zero attached hydrogens (tertiary/aromatic N) is 3. The van der Waals surface area contributed by atoms with Crippen LogP contribution in [0.3, 0.4) is 0 Å². The van der Waals surface area contributed by atoms with Crippen molar-refractivity contribution < 1.29 is 14.3 Å². The zero-order valence-electron chi connectivity index (χ0n) is 22.5. The molecule has 0 saturated carbocycles. The van der Waals surface area contributed by atoms with E-state index in [1.165, 1.54) is 33.5 Å². The number of esters is 1. The first-order valence-corrected chi connectivity index (χ1v) is 14.7. The quantitative estimate of drug-likeness (QED) is 0.259. The van der Waals surface area contributed by atoms with Gasteiger partial charge in [-0.25, -0.2) is 4.79 Å². The molecule has 1 aliphatic rings. The van der Waals surface area contributed by atoms with Gasteiger partial charge in [0.1, 0.15) is 5.00 Å². The molecular formula is C28H36N4O3S2. The van der Waals surface area contributed by atoms with E-state index in [-0.39, 0.29) is 29.1 Å². The Balaban J connectivity index is 1.48. The van der Waals surface area contributed by atoms with Gasteiger partial charge in [-0.1, -0.05) is 56.8 Å². The first kappa shape index (κ1) is 27.4. The summed E-state index contributed by atoms with van der Waals surface area (Å²) in [5.41, 5.74) is 3.91. The van der Waals surface area contributed by atoms with Crippen molar-refractivity contribution in [2.24, 2.45) is 0 Å². The van der Waals surface area contributed by atoms with Crippen molar-refractivity contribution in [2.45, 2.75) is 90.4 Å². The Morgan fingerprint density at radius 3 is 2.49 bits per heavy atom. The van der Waals surface area contributed by atoms with Crippen LogP contribution < -0.4 is 5.32 Å². The summed E-state index contributed by atoms with van der Waals surface area (Å²) in [5.74, 6) is 0.423. The number of ether oxygens (including phenoxy) is 1. The molecule has 9 heteroatoms. The second-order valence-electron chi connectivity index (χ2n) is 10.6. The Labute approximate surface area is 227 Å². The van der Waals surface area contributed by atoms with E-state index in [2.05, 4.69) is 60.6 Å². The summed E-state index contributed by atoms with van der Waals surface area (Å²) in [6.45, 7) is 13.0. The fourth-order valence-electron chi connectivity index (χ4n) is 4.45. The molecule has 1 N–H and O–H groups in total. The Hall–Kier alpha value is -2.65. The highest BCUT2D eigenvalue weighted by molar-refractivity contribution is 7.99. The van der Waals surface area contributed by atoms with Crippen molar-refractivity contribution in [1.29, 1.82) is 0 Å². The van der Waals surface area contributed by atoms with Crippen molar-refractivity contribution in [3.63, 3.8) is 0 Å². The maximum atomic E-state index is 13.0. The number of anilines is 1. The minimum absolute atomic E-state index is 0.0819. The van der Waals surface area contributed by atoms with E-state index in [1.807, 2.05) is 25.3 Å². The second-order valence-corrected chi connectivity index (χ2v) is 12.6. The molecule has 0 unspecified atom stereocenters. The van der Waals surface area contributed by atoms with Gasteiger partial charge in [-0.05, 0) is 63.0 Å². The molecular weight excluding hydrogens is 504 g/mol. The Kier molecular flexibility index (Phi) is 8.43. The number of carbonyl (C=O) groups is 2. The lowest BCUT2D eigenvalue weighted by molar-refractivity contribution is -0.113. The smallest absolute Gasteiger partial charge is 0.341 e. The lowest BCUT2D eigenvalue weighted by Crippen LogP contribution is -2.19. The molecule has 0 saturated heterocycles. The zero-order chi connectivity index (χ0) is 26.7. The van der Waals surface area contributed by atoms with Crippen LogP contribution in [0.2, 0.25) is 0 Å². The number of rotatable bonds is 8. The molecule has 1 aromatic carbocycles. The molecule has 2 aromatic heterocycles. The van der Waals surface area contributed by atoms with Crippen molar-refractivity contribution >= 4 is 40.0 Å². The van der Waals surface area contributed by atoms with E-state index in [0.29, 0.717) is 22.3 Å². The molecule has 0 aliphatic heterocycles. The van der Waals surface area contributed by atoms with Crippen LogP contribution in [-0.2, 0) is 34.3 Å². The molecule has 1 amide bonds. The summed E-state index contributed by atoms with van der Waals surface area (Å²) < 4.78 is 7.53. The minimum atomic E-state index is -0.356. The fraction of sp³-hybridized carbons (Fsp3) is 0.500. The summed E-state index contributed by atoms with van der Waals surface area (Å²) in [7, 11) is 0. The van der Waals surface area contributed by atoms with Crippen molar-refractivity contribution in [2.75, 3.05) is 11.1 Å². The first-order valence-electron chi connectivity index (χ1n) is 12.9. The van der Waals surface area contributed by atoms with Crippen LogP contribution in [0.1, 0.15) is 80.7 Å². The van der Waals surface area contributed by atoms with Gasteiger partial charge >= 0.3 is 5.97 Å². The van der Waals surface area contributed by atoms with E-state index in [1.54, 1.807) is 0 Å². The van der Waals surface area contributed by atoms with Gasteiger partial charge < -0.3 is 14.6 Å². The number of amides is 1. The molecule has 0 fully saturated rings. The van der Waals surface area contributed by atoms with Gasteiger partial charge in [-0.3, -0.25) is 4.79 Å². The molecule has 198 valence electrons. The van der Waals surface area contributed by atoms with E-state index >= 15 is 0 Å². The van der Waals surface area contributed by atoms with E-state index in [0.717, 1.165) is 42.6 Å². The Morgan fingerprint density at radius 2 is 1.84 bits per heavy atom. The predicted octanol–water partition coefficient (Wildman–Crippen LogP) is 6.50. The van der Waals surface area contributed by atoms with Gasteiger partial charge in [0.05, 0.1) is 17.4 Å². The number of aryl methyl sites for hydroxylation is 1. The van der Waals surface area contributed by atoms with Gasteiger partial charge in [0.2, 0.25) is 5.91 Å². The monoisotopic (exact) mass is 540 g/mol. The Bertz CT molecular complexity index is 1270. The minimum Gasteiger partial charge on any atom is -0.459 e. The lowest BCUT2D eigenvalue weighted by Gasteiger charge is -2.19. The molecule has 0 spiro atoms. The number of hydrogen-bond donors (Lipinski definition) is 1. The summed E-state index contributed by atoms with van der Waals surface area (Å²) in [6.07, 6.45) is 3.71. The van der Waals surface area contributed by atoms with Gasteiger partial charge in [0.25, 0.3) is 0 Å². The SMILES string of the molecule is CCn1c(SCC(=O)Nc2sc3c(c2C(=O)OC(C)C)CCCC3)nnc1-c1ccc(C(C)(C)C)cc1. The lowest BCUT2D eigenvalue weighted by atomic mass is 9.87. The van der Waals surface area contributed by atoms with Crippen LogP contribution in [0.4, 0.5) is 5.00 Å². The highest BCUT2D eigenvalue weighted by atomic mass is 32.2. The van der Waals surface area contributed by atoms with Gasteiger partial charge in [0, 0.05) is 17.0 Å². The zero-order valence-corrected chi connectivity index (χ0v) is 24.1. The molecule has 37 heavy (non-hydrogen) atoms. The van der Waals surface area contributed by atoms with Gasteiger partial charge in [0.15, 0.2) is 11.0 Å². The highest BCUT2D eigenvalue weighted by Gasteiger charge is 2.28. The van der Waals surface area contributed by atoms with Crippen LogP contribution in [0.25, 0.3) is 11.4 Å². The maximum absolute atomic E-state index is 13.0. The third kappa shape index (κ3) is 6.26. The molecule has 7 nitrogen and oxygen atoms in total. The highest BCUT2D eigenvalue weighted by Crippen LogP contribution is 2.39. The number of aromatic nitrogens is 3. The summed E-state index contributed by atoms with van der Waals surface area (Å²) >= 11 is 2.85. The van der Waals surface area contributed by atoms with Crippen LogP contribution in [0, 0.1) is 0 Å². The molecule has 4 rings (SSSR count). The molecule has 2 heterocycles. The van der Waals surface area contributed by atoms with Gasteiger partial charge in [-0.2, -0.15) is 0 Å². The summed E-state index contributed by atoms with van der Waals surface area (Å²) in [5, 5.41) is 13.1. The number of thiophene rings is 1. The van der Waals surface area contributed by atoms with Crippen LogP contribution in [0.5, 0.6) is 0 Å². The average molecular weight is 541 g/mol. The molecule has 0 radical (unpaired) electrons. The van der Waals surface area contributed by atoms with Crippen LogP contribution in [-0.4, -0.2) is 38.5 Å². The van der Waals surface area contributed by atoms with Crippen molar-refractivity contribution in [1.82, 2.24) is 14.8 Å². The number of benzene rings is 1. The normalized spacial score (nSPS) is 13.5. The second kappa shape index (κ2) is 11.4. The van der Waals surface area contributed by atoms with Crippen LogP contribution in [0.15, 0.2) is 29.4 Å². The topological polar surface area (TPSA) is 86.1 Å². The number of fused-ring (bicyclic) bond motifs is 1. The Morgan fingerprint density at radius 1 is 1.14 bits per heavy atom. The number of hydrogen-bond acceptors (Lipinski definition) is 7. The molecule has 3 aromatic rings. The predicted molar refractivity (Wildman–Crippen MR) is 151 cm³/mol. The number of thioether (sulfide) groups is 1. The average Bonchev–Trinajstić information content (AvgIpc) is 3.42. The third-order valence-electron chi connectivity index (χ3n) is 6.35. The molecule has 0 bridgehead atoms. The van der Waals surface area contributed by atoms with Crippen molar-refractivity contribution in [3.8, 4) is 11.4 Å². The number of nitrogens with one attached hydrogen (secondary N) is 1. The fourth-order valence-corrected chi connectivity index (χ4v) is 6.54. The van der Waals surface area contributed by atoms with E-state index in [9.17, 15) is 9.59 Å². The first-order chi connectivity index (χ1) is 17.6. The molecule has 1 aliphatic carbocycles. The summed E-state index contributed by atoms with van der Waals surface area (Å²) in [4.78, 5) is 27.0. The third-order valence-corrected chi connectivity index (χ3v) is 8.52. The van der Waals surface area contributed by atoms with E-state index in [4.69, 9.17) is 4.74 Å². The maximum Gasteiger partial charge on any atom is 0.341 e. The standard InChI is InChI=1S/C28H36N4O3S2/c1-7-32-24(18-12-14-19(15-13-18)28(4,5)6)30-31-27(32)36-16-22(33)29-25-23(26(34)35-17(2)3)20-10-8-9-11-21(20)37-25/h12-15,17H,7-11,16H2,1-6H3,(H,29,33). The van der Waals surface area contributed by atoms with Gasteiger partial charge in [-0.15, -0.1) is 21.5 Å². The number of carbonyl (C=O) groups excluding carboxylic acids is 2. The van der Waals surface area contributed by atoms with Crippen molar-refractivity contribution in [3.05, 3.63) is 45.8 Å². The van der Waals surface area contributed by atoms with Crippen LogP contribution >= 0.6 is 23.1 Å². The van der Waals surface area contributed by atoms with E-state index < -0.39 is 0 Å². The summed E-state index contributed by atoms with van der Waals surface area (Å²) in [6, 6.07) is 8.42. The largest absolute Gasteiger partial charge is 0.459 e.